The highest BCUT2D eigenvalue weighted by Crippen LogP contribution is 2.23. The van der Waals surface area contributed by atoms with Gasteiger partial charge in [-0.3, -0.25) is 9.59 Å². The Morgan fingerprint density at radius 2 is 1.64 bits per heavy atom. The number of amides is 1. The molecule has 0 aliphatic heterocycles. The maximum atomic E-state index is 12.5. The summed E-state index contributed by atoms with van der Waals surface area (Å²) in [5.74, 6) is -0.707. The molecule has 8 heteroatoms. The lowest BCUT2D eigenvalue weighted by atomic mass is 10.0. The van der Waals surface area contributed by atoms with Crippen LogP contribution in [0.4, 0.5) is 0 Å². The summed E-state index contributed by atoms with van der Waals surface area (Å²) in [6, 6.07) is 9.80. The fourth-order valence-corrected chi connectivity index (χ4v) is 3.14. The molecule has 0 bridgehead atoms. The molecule has 6 nitrogen and oxygen atoms in total. The van der Waals surface area contributed by atoms with E-state index in [1.807, 2.05) is 0 Å². The Kier molecular flexibility index (Phi) is 5.73. The van der Waals surface area contributed by atoms with Gasteiger partial charge < -0.3 is 5.32 Å². The molecule has 2 aromatic rings. The molecule has 0 unspecified atom stereocenters. The molecular weight excluding hydrogens is 364 g/mol. The Balaban J connectivity index is 2.29. The lowest BCUT2D eigenvalue weighted by molar-refractivity contribution is 0.0956. The van der Waals surface area contributed by atoms with Crippen LogP contribution in [0, 0.1) is 0 Å². The van der Waals surface area contributed by atoms with Crippen LogP contribution in [0.15, 0.2) is 60.0 Å². The second-order valence-electron chi connectivity index (χ2n) is 5.10. The number of rotatable bonds is 6. The van der Waals surface area contributed by atoms with Crippen molar-refractivity contribution < 1.29 is 18.0 Å². The molecule has 0 spiro atoms. The van der Waals surface area contributed by atoms with Crippen molar-refractivity contribution in [2.45, 2.75) is 4.90 Å². The SMILES string of the molecule is C=CCNC(=O)c1ccc(C(=O)c2ccc(Cl)c(S(N)(=O)=O)c2)cc1. The Labute approximate surface area is 150 Å². The number of carbonyl (C=O) groups excluding carboxylic acids is 2. The lowest BCUT2D eigenvalue weighted by Gasteiger charge is -2.07. The van der Waals surface area contributed by atoms with Gasteiger partial charge >= 0.3 is 0 Å². The quantitative estimate of drug-likeness (QED) is 0.593. The van der Waals surface area contributed by atoms with Crippen molar-refractivity contribution >= 4 is 33.3 Å². The van der Waals surface area contributed by atoms with Crippen LogP contribution in [0.3, 0.4) is 0 Å². The Morgan fingerprint density at radius 3 is 2.20 bits per heavy atom. The summed E-state index contributed by atoms with van der Waals surface area (Å²) in [7, 11) is -4.04. The first-order valence-electron chi connectivity index (χ1n) is 7.10. The summed E-state index contributed by atoms with van der Waals surface area (Å²) >= 11 is 5.81. The monoisotopic (exact) mass is 378 g/mol. The normalized spacial score (nSPS) is 11.0. The third kappa shape index (κ3) is 4.54. The van der Waals surface area contributed by atoms with Crippen molar-refractivity contribution in [1.82, 2.24) is 5.32 Å². The van der Waals surface area contributed by atoms with Crippen LogP contribution >= 0.6 is 11.6 Å². The van der Waals surface area contributed by atoms with Crippen LogP contribution in [0.5, 0.6) is 0 Å². The number of ketones is 1. The predicted octanol–water partition coefficient (Wildman–Crippen LogP) is 2.13. The number of halogens is 1. The summed E-state index contributed by atoms with van der Waals surface area (Å²) < 4.78 is 23.0. The molecule has 2 rings (SSSR count). The van der Waals surface area contributed by atoms with Crippen molar-refractivity contribution in [1.29, 1.82) is 0 Å². The van der Waals surface area contributed by atoms with Gasteiger partial charge in [0.2, 0.25) is 10.0 Å². The Hall–Kier alpha value is -2.48. The van der Waals surface area contributed by atoms with Gasteiger partial charge in [0.15, 0.2) is 5.78 Å². The average molecular weight is 379 g/mol. The number of nitrogens with one attached hydrogen (secondary N) is 1. The lowest BCUT2D eigenvalue weighted by Crippen LogP contribution is -2.23. The molecule has 0 radical (unpaired) electrons. The number of nitrogens with two attached hydrogens (primary N) is 1. The molecule has 0 heterocycles. The van der Waals surface area contributed by atoms with E-state index in [1.165, 1.54) is 36.4 Å². The number of hydrogen-bond acceptors (Lipinski definition) is 4. The molecule has 0 aliphatic carbocycles. The van der Waals surface area contributed by atoms with E-state index >= 15 is 0 Å². The molecule has 0 saturated heterocycles. The van der Waals surface area contributed by atoms with Gasteiger partial charge in [-0.1, -0.05) is 29.8 Å². The predicted molar refractivity (Wildman–Crippen MR) is 95.2 cm³/mol. The standard InChI is InChI=1S/C17H15ClN2O4S/c1-2-9-20-17(22)12-5-3-11(4-6-12)16(21)13-7-8-14(18)15(10-13)25(19,23)24/h2-8,10H,1,9H2,(H,20,22)(H2,19,23,24). The van der Waals surface area contributed by atoms with Crippen LogP contribution in [0.2, 0.25) is 5.02 Å². The number of sulfonamides is 1. The zero-order chi connectivity index (χ0) is 18.6. The molecule has 130 valence electrons. The molecular formula is C17H15ClN2O4S. The fourth-order valence-electron chi connectivity index (χ4n) is 2.07. The summed E-state index contributed by atoms with van der Waals surface area (Å²) in [5.41, 5.74) is 0.806. The van der Waals surface area contributed by atoms with E-state index in [0.717, 1.165) is 6.07 Å². The first-order chi connectivity index (χ1) is 11.7. The maximum Gasteiger partial charge on any atom is 0.251 e. The van der Waals surface area contributed by atoms with Gasteiger partial charge in [-0.2, -0.15) is 0 Å². The highest BCUT2D eigenvalue weighted by atomic mass is 35.5. The number of carbonyl (C=O) groups is 2. The highest BCUT2D eigenvalue weighted by Gasteiger charge is 2.17. The zero-order valence-electron chi connectivity index (χ0n) is 13.0. The molecule has 25 heavy (non-hydrogen) atoms. The van der Waals surface area contributed by atoms with E-state index in [2.05, 4.69) is 11.9 Å². The average Bonchev–Trinajstić information content (AvgIpc) is 2.58. The largest absolute Gasteiger partial charge is 0.349 e. The summed E-state index contributed by atoms with van der Waals surface area (Å²) in [4.78, 5) is 24.0. The smallest absolute Gasteiger partial charge is 0.251 e. The molecule has 0 fully saturated rings. The molecule has 1 amide bonds. The first-order valence-corrected chi connectivity index (χ1v) is 9.02. The van der Waals surface area contributed by atoms with Gasteiger partial charge in [0, 0.05) is 23.2 Å². The minimum Gasteiger partial charge on any atom is -0.349 e. The van der Waals surface area contributed by atoms with E-state index in [1.54, 1.807) is 6.08 Å². The zero-order valence-corrected chi connectivity index (χ0v) is 14.6. The van der Waals surface area contributed by atoms with Crippen LogP contribution in [-0.4, -0.2) is 26.7 Å². The van der Waals surface area contributed by atoms with E-state index in [0.29, 0.717) is 17.7 Å². The number of primary sulfonamides is 1. The van der Waals surface area contributed by atoms with E-state index in [4.69, 9.17) is 16.7 Å². The minimum absolute atomic E-state index is 0.0618. The third-order valence-electron chi connectivity index (χ3n) is 3.32. The summed E-state index contributed by atoms with van der Waals surface area (Å²) in [5, 5.41) is 7.64. The van der Waals surface area contributed by atoms with Crippen molar-refractivity contribution in [3.8, 4) is 0 Å². The molecule has 2 aromatic carbocycles. The molecule has 0 aliphatic rings. The fraction of sp³-hybridized carbons (Fsp3) is 0.0588. The van der Waals surface area contributed by atoms with Crippen molar-refractivity contribution in [3.05, 3.63) is 76.8 Å². The second kappa shape index (κ2) is 7.60. The van der Waals surface area contributed by atoms with Crippen molar-refractivity contribution in [2.75, 3.05) is 6.54 Å². The van der Waals surface area contributed by atoms with Gasteiger partial charge in [0.25, 0.3) is 5.91 Å². The van der Waals surface area contributed by atoms with Crippen LogP contribution in [0.1, 0.15) is 26.3 Å². The minimum atomic E-state index is -4.04. The third-order valence-corrected chi connectivity index (χ3v) is 4.71. The van der Waals surface area contributed by atoms with E-state index in [-0.39, 0.29) is 21.4 Å². The topological polar surface area (TPSA) is 106 Å². The molecule has 3 N–H and O–H groups in total. The van der Waals surface area contributed by atoms with Crippen LogP contribution in [0.25, 0.3) is 0 Å². The Bertz CT molecular complexity index is 938. The first kappa shape index (κ1) is 18.9. The Morgan fingerprint density at radius 1 is 1.08 bits per heavy atom. The number of benzene rings is 2. The van der Waals surface area contributed by atoms with Gasteiger partial charge in [-0.25, -0.2) is 13.6 Å². The van der Waals surface area contributed by atoms with Gasteiger partial charge in [-0.05, 0) is 30.3 Å². The second-order valence-corrected chi connectivity index (χ2v) is 7.03. The van der Waals surface area contributed by atoms with Gasteiger partial charge in [0.1, 0.15) is 4.90 Å². The van der Waals surface area contributed by atoms with Crippen LogP contribution in [-0.2, 0) is 10.0 Å². The van der Waals surface area contributed by atoms with E-state index in [9.17, 15) is 18.0 Å². The van der Waals surface area contributed by atoms with E-state index < -0.39 is 15.8 Å². The number of hydrogen-bond donors (Lipinski definition) is 2. The van der Waals surface area contributed by atoms with Gasteiger partial charge in [0.05, 0.1) is 5.02 Å². The van der Waals surface area contributed by atoms with Gasteiger partial charge in [-0.15, -0.1) is 6.58 Å². The highest BCUT2D eigenvalue weighted by molar-refractivity contribution is 7.89. The molecule has 0 aromatic heterocycles. The van der Waals surface area contributed by atoms with Crippen molar-refractivity contribution in [3.63, 3.8) is 0 Å². The van der Waals surface area contributed by atoms with Crippen molar-refractivity contribution in [2.24, 2.45) is 5.14 Å². The maximum absolute atomic E-state index is 12.5. The van der Waals surface area contributed by atoms with Crippen LogP contribution < -0.4 is 10.5 Å². The summed E-state index contributed by atoms with van der Waals surface area (Å²) in [6.07, 6.45) is 1.55. The summed E-state index contributed by atoms with van der Waals surface area (Å²) in [6.45, 7) is 3.84. The molecule has 0 saturated carbocycles. The molecule has 0 atom stereocenters.